The van der Waals surface area contributed by atoms with Crippen molar-refractivity contribution in [2.24, 2.45) is 0 Å². The average molecular weight is 277 g/mol. The van der Waals surface area contributed by atoms with Crippen molar-refractivity contribution < 1.29 is 4.79 Å². The van der Waals surface area contributed by atoms with E-state index in [1.807, 2.05) is 32.6 Å². The summed E-state index contributed by atoms with van der Waals surface area (Å²) in [6, 6.07) is 3.58. The van der Waals surface area contributed by atoms with Crippen LogP contribution in [0.15, 0.2) is 12.1 Å². The van der Waals surface area contributed by atoms with Gasteiger partial charge < -0.3 is 10.2 Å². The number of aromatic nitrogens is 5. The number of amides is 1. The maximum Gasteiger partial charge on any atom is 0.239 e. The Balaban J connectivity index is 2.13. The van der Waals surface area contributed by atoms with Gasteiger partial charge in [-0.25, -0.2) is 0 Å². The summed E-state index contributed by atoms with van der Waals surface area (Å²) in [6.07, 6.45) is 0. The molecule has 0 fully saturated rings. The van der Waals surface area contributed by atoms with Gasteiger partial charge in [0.05, 0.1) is 6.54 Å². The number of fused-ring (bicyclic) bond motifs is 1. The molecule has 1 N–H and O–H groups in total. The highest BCUT2D eigenvalue weighted by atomic mass is 16.2. The first-order chi connectivity index (χ1) is 9.39. The number of rotatable bonds is 4. The maximum atomic E-state index is 12.0. The Labute approximate surface area is 117 Å². The standard InChI is InChI=1S/C12H19N7O/c1-5-18(8-11(20)13-12(2,3)4)10-7-6-9-14-16-17-19(9)15-10/h6-7H,5,8H2,1-4H3,(H,13,20). The molecule has 0 bridgehead atoms. The van der Waals surface area contributed by atoms with E-state index in [2.05, 4.69) is 25.9 Å². The zero-order valence-corrected chi connectivity index (χ0v) is 12.2. The van der Waals surface area contributed by atoms with E-state index < -0.39 is 0 Å². The van der Waals surface area contributed by atoms with Crippen molar-refractivity contribution in [3.63, 3.8) is 0 Å². The van der Waals surface area contributed by atoms with Gasteiger partial charge in [0, 0.05) is 12.1 Å². The Morgan fingerprint density at radius 2 is 2.15 bits per heavy atom. The summed E-state index contributed by atoms with van der Waals surface area (Å²) >= 11 is 0. The molecule has 2 rings (SSSR count). The van der Waals surface area contributed by atoms with E-state index in [4.69, 9.17) is 0 Å². The topological polar surface area (TPSA) is 88.3 Å². The molecule has 0 saturated heterocycles. The summed E-state index contributed by atoms with van der Waals surface area (Å²) in [6.45, 7) is 8.73. The van der Waals surface area contributed by atoms with Crippen LogP contribution in [0.2, 0.25) is 0 Å². The van der Waals surface area contributed by atoms with Crippen molar-refractivity contribution in [3.8, 4) is 0 Å². The third kappa shape index (κ3) is 3.40. The Bertz CT molecular complexity index is 601. The summed E-state index contributed by atoms with van der Waals surface area (Å²) in [7, 11) is 0. The fraction of sp³-hybridized carbons (Fsp3) is 0.583. The predicted octanol–water partition coefficient (Wildman–Crippen LogP) is 0.260. The number of tetrazole rings is 1. The second kappa shape index (κ2) is 5.40. The Morgan fingerprint density at radius 1 is 1.40 bits per heavy atom. The van der Waals surface area contributed by atoms with E-state index in [0.29, 0.717) is 18.0 Å². The summed E-state index contributed by atoms with van der Waals surface area (Å²) in [4.78, 5) is 13.9. The monoisotopic (exact) mass is 277 g/mol. The molecule has 1 amide bonds. The van der Waals surface area contributed by atoms with E-state index in [1.165, 1.54) is 4.63 Å². The molecule has 0 saturated carbocycles. The van der Waals surface area contributed by atoms with E-state index in [-0.39, 0.29) is 18.0 Å². The number of carbonyl (C=O) groups is 1. The zero-order valence-electron chi connectivity index (χ0n) is 12.2. The molecular formula is C12H19N7O. The molecule has 108 valence electrons. The van der Waals surface area contributed by atoms with Gasteiger partial charge in [-0.05, 0) is 50.3 Å². The predicted molar refractivity (Wildman–Crippen MR) is 74.4 cm³/mol. The first-order valence-electron chi connectivity index (χ1n) is 6.50. The van der Waals surface area contributed by atoms with Gasteiger partial charge in [0.25, 0.3) is 0 Å². The number of likely N-dealkylation sites (N-methyl/N-ethyl adjacent to an activating group) is 1. The van der Waals surface area contributed by atoms with Crippen molar-refractivity contribution in [1.29, 1.82) is 0 Å². The lowest BCUT2D eigenvalue weighted by Gasteiger charge is -2.25. The van der Waals surface area contributed by atoms with Crippen LogP contribution in [0, 0.1) is 0 Å². The van der Waals surface area contributed by atoms with Crippen molar-refractivity contribution in [1.82, 2.24) is 30.6 Å². The lowest BCUT2D eigenvalue weighted by atomic mass is 10.1. The fourth-order valence-corrected chi connectivity index (χ4v) is 1.79. The number of hydrogen-bond donors (Lipinski definition) is 1. The Hall–Kier alpha value is -2.25. The molecule has 2 aromatic heterocycles. The largest absolute Gasteiger partial charge is 0.350 e. The SMILES string of the molecule is CCN(CC(=O)NC(C)(C)C)c1ccc2nnnn2n1. The highest BCUT2D eigenvalue weighted by Gasteiger charge is 2.17. The van der Waals surface area contributed by atoms with Crippen LogP contribution in [-0.2, 0) is 4.79 Å². The molecule has 0 atom stereocenters. The van der Waals surface area contributed by atoms with Gasteiger partial charge in [-0.3, -0.25) is 4.79 Å². The smallest absolute Gasteiger partial charge is 0.239 e. The van der Waals surface area contributed by atoms with Gasteiger partial charge in [0.2, 0.25) is 5.91 Å². The van der Waals surface area contributed by atoms with E-state index in [0.717, 1.165) is 0 Å². The maximum absolute atomic E-state index is 12.0. The van der Waals surface area contributed by atoms with Crippen LogP contribution >= 0.6 is 0 Å². The molecule has 0 unspecified atom stereocenters. The molecule has 2 aromatic rings. The van der Waals surface area contributed by atoms with Gasteiger partial charge in [0.15, 0.2) is 11.5 Å². The summed E-state index contributed by atoms with van der Waals surface area (Å²) < 4.78 is 1.35. The number of nitrogens with one attached hydrogen (secondary N) is 1. The van der Waals surface area contributed by atoms with Crippen molar-refractivity contribution >= 4 is 17.4 Å². The number of hydrogen-bond acceptors (Lipinski definition) is 6. The van der Waals surface area contributed by atoms with E-state index >= 15 is 0 Å². The minimum absolute atomic E-state index is 0.0436. The molecule has 2 heterocycles. The quantitative estimate of drug-likeness (QED) is 0.862. The van der Waals surface area contributed by atoms with Crippen molar-refractivity contribution in [2.75, 3.05) is 18.0 Å². The van der Waals surface area contributed by atoms with Crippen LogP contribution in [0.1, 0.15) is 27.7 Å². The van der Waals surface area contributed by atoms with Crippen molar-refractivity contribution in [3.05, 3.63) is 12.1 Å². The Kier molecular flexibility index (Phi) is 3.82. The van der Waals surface area contributed by atoms with Gasteiger partial charge in [-0.2, -0.15) is 0 Å². The van der Waals surface area contributed by atoms with E-state index in [9.17, 15) is 4.79 Å². The first-order valence-corrected chi connectivity index (χ1v) is 6.50. The van der Waals surface area contributed by atoms with Crippen LogP contribution < -0.4 is 10.2 Å². The molecule has 8 nitrogen and oxygen atoms in total. The number of anilines is 1. The second-order valence-corrected chi connectivity index (χ2v) is 5.53. The van der Waals surface area contributed by atoms with Crippen LogP contribution in [0.3, 0.4) is 0 Å². The normalized spacial score (nSPS) is 11.6. The van der Waals surface area contributed by atoms with Crippen LogP contribution in [0.25, 0.3) is 5.65 Å². The lowest BCUT2D eigenvalue weighted by Crippen LogP contribution is -2.46. The van der Waals surface area contributed by atoms with Gasteiger partial charge in [-0.1, -0.05) is 0 Å². The third-order valence-electron chi connectivity index (χ3n) is 2.61. The van der Waals surface area contributed by atoms with Crippen LogP contribution in [0.5, 0.6) is 0 Å². The second-order valence-electron chi connectivity index (χ2n) is 5.53. The first kappa shape index (κ1) is 14.2. The van der Waals surface area contributed by atoms with Gasteiger partial charge >= 0.3 is 0 Å². The molecule has 20 heavy (non-hydrogen) atoms. The fourth-order valence-electron chi connectivity index (χ4n) is 1.79. The summed E-state index contributed by atoms with van der Waals surface area (Å²) in [5.74, 6) is 0.620. The van der Waals surface area contributed by atoms with Crippen molar-refractivity contribution in [2.45, 2.75) is 33.2 Å². The molecular weight excluding hydrogens is 258 g/mol. The molecule has 0 aliphatic heterocycles. The number of nitrogens with zero attached hydrogens (tertiary/aromatic N) is 6. The van der Waals surface area contributed by atoms with Crippen LogP contribution in [-0.4, -0.2) is 49.8 Å². The highest BCUT2D eigenvalue weighted by molar-refractivity contribution is 5.81. The summed E-state index contributed by atoms with van der Waals surface area (Å²) in [5, 5.41) is 18.3. The van der Waals surface area contributed by atoms with E-state index in [1.54, 1.807) is 12.1 Å². The number of carbonyl (C=O) groups excluding carboxylic acids is 1. The van der Waals surface area contributed by atoms with Gasteiger partial charge in [-0.15, -0.1) is 14.8 Å². The zero-order chi connectivity index (χ0) is 14.8. The minimum Gasteiger partial charge on any atom is -0.350 e. The third-order valence-corrected chi connectivity index (χ3v) is 2.61. The van der Waals surface area contributed by atoms with Gasteiger partial charge in [0.1, 0.15) is 0 Å². The minimum atomic E-state index is -0.246. The summed E-state index contributed by atoms with van der Waals surface area (Å²) in [5.41, 5.74) is 0.327. The lowest BCUT2D eigenvalue weighted by molar-refractivity contribution is -0.121. The Morgan fingerprint density at radius 3 is 2.80 bits per heavy atom. The molecule has 8 heteroatoms. The molecule has 0 aliphatic carbocycles. The molecule has 0 aromatic carbocycles. The molecule has 0 aliphatic rings. The van der Waals surface area contributed by atoms with Crippen LogP contribution in [0.4, 0.5) is 5.82 Å². The highest BCUT2D eigenvalue weighted by Crippen LogP contribution is 2.10. The molecule has 0 spiro atoms. The average Bonchev–Trinajstić information content (AvgIpc) is 2.80. The molecule has 0 radical (unpaired) electrons.